The first-order valence-electron chi connectivity index (χ1n) is 6.00. The van der Waals surface area contributed by atoms with E-state index in [9.17, 15) is 8.78 Å². The molecule has 0 spiro atoms. The molecule has 2 aromatic heterocycles. The smallest absolute Gasteiger partial charge is 0.280 e. The van der Waals surface area contributed by atoms with Crippen LogP contribution in [0.25, 0.3) is 5.65 Å². The van der Waals surface area contributed by atoms with Crippen LogP contribution in [-0.4, -0.2) is 14.4 Å². The summed E-state index contributed by atoms with van der Waals surface area (Å²) in [4.78, 5) is 8.27. The highest BCUT2D eigenvalue weighted by Crippen LogP contribution is 2.27. The first kappa shape index (κ1) is 12.9. The monoisotopic (exact) mass is 253 g/mol. The van der Waals surface area contributed by atoms with Gasteiger partial charge < -0.3 is 0 Å². The maximum absolute atomic E-state index is 12.6. The molecule has 0 saturated heterocycles. The Bertz CT molecular complexity index is 567. The van der Waals surface area contributed by atoms with Crippen LogP contribution in [0.2, 0.25) is 0 Å². The minimum atomic E-state index is -2.56. The highest BCUT2D eigenvalue weighted by Gasteiger charge is 2.23. The number of hydrogen-bond donors (Lipinski definition) is 0. The number of hydrogen-bond acceptors (Lipinski definition) is 2. The van der Waals surface area contributed by atoms with Crippen molar-refractivity contribution >= 4 is 5.65 Å². The third-order valence-corrected chi connectivity index (χ3v) is 2.91. The second kappa shape index (κ2) is 4.30. The molecule has 0 aromatic carbocycles. The van der Waals surface area contributed by atoms with Crippen molar-refractivity contribution in [3.8, 4) is 0 Å². The zero-order valence-corrected chi connectivity index (χ0v) is 11.0. The van der Waals surface area contributed by atoms with Crippen molar-refractivity contribution in [2.24, 2.45) is 0 Å². The number of nitrogens with zero attached hydrogens (tertiary/aromatic N) is 3. The van der Waals surface area contributed by atoms with Gasteiger partial charge in [0.2, 0.25) is 0 Å². The van der Waals surface area contributed by atoms with Gasteiger partial charge in [-0.2, -0.15) is 0 Å². The fraction of sp³-hybridized carbons (Fsp3) is 0.538. The summed E-state index contributed by atoms with van der Waals surface area (Å²) < 4.78 is 27.0. The molecule has 0 bridgehead atoms. The molecule has 0 aliphatic carbocycles. The third-order valence-electron chi connectivity index (χ3n) is 2.91. The van der Waals surface area contributed by atoms with Gasteiger partial charge in [-0.05, 0) is 6.42 Å². The normalized spacial score (nSPS) is 12.6. The van der Waals surface area contributed by atoms with Gasteiger partial charge in [0.1, 0.15) is 17.7 Å². The van der Waals surface area contributed by atoms with Crippen LogP contribution in [0.15, 0.2) is 12.4 Å². The summed E-state index contributed by atoms with van der Waals surface area (Å²) in [6.45, 7) is 8.22. The zero-order valence-electron chi connectivity index (χ0n) is 11.0. The largest absolute Gasteiger partial charge is 0.287 e. The number of rotatable bonds is 2. The molecule has 0 saturated carbocycles. The van der Waals surface area contributed by atoms with Gasteiger partial charge in [0, 0.05) is 17.2 Å². The van der Waals surface area contributed by atoms with E-state index in [1.54, 1.807) is 4.40 Å². The Kier molecular flexibility index (Phi) is 3.09. The maximum atomic E-state index is 12.6. The quantitative estimate of drug-likeness (QED) is 0.819. The molecule has 5 heteroatoms. The third kappa shape index (κ3) is 2.09. The van der Waals surface area contributed by atoms with Crippen LogP contribution in [0, 0.1) is 0 Å². The molecule has 0 aliphatic rings. The van der Waals surface area contributed by atoms with Crippen molar-refractivity contribution in [2.45, 2.75) is 46.0 Å². The number of imidazole rings is 1. The minimum Gasteiger partial charge on any atom is -0.287 e. The summed E-state index contributed by atoms with van der Waals surface area (Å²) in [5.41, 5.74) is 2.18. The highest BCUT2D eigenvalue weighted by molar-refractivity contribution is 5.45. The molecule has 0 fully saturated rings. The predicted molar refractivity (Wildman–Crippen MR) is 66.0 cm³/mol. The summed E-state index contributed by atoms with van der Waals surface area (Å²) >= 11 is 0. The van der Waals surface area contributed by atoms with Crippen molar-refractivity contribution in [3.05, 3.63) is 29.5 Å². The fourth-order valence-corrected chi connectivity index (χ4v) is 2.07. The minimum absolute atomic E-state index is 0.109. The van der Waals surface area contributed by atoms with E-state index >= 15 is 0 Å². The molecule has 0 amide bonds. The molecule has 0 N–H and O–H groups in total. The van der Waals surface area contributed by atoms with Crippen LogP contribution < -0.4 is 0 Å². The lowest BCUT2D eigenvalue weighted by Crippen LogP contribution is -2.14. The van der Waals surface area contributed by atoms with Crippen LogP contribution >= 0.6 is 0 Å². The van der Waals surface area contributed by atoms with Crippen molar-refractivity contribution in [1.82, 2.24) is 14.4 Å². The van der Waals surface area contributed by atoms with E-state index in [1.807, 2.05) is 6.92 Å². The Morgan fingerprint density at radius 2 is 2.00 bits per heavy atom. The summed E-state index contributed by atoms with van der Waals surface area (Å²) in [6, 6.07) is 1.36. The number of alkyl halides is 2. The topological polar surface area (TPSA) is 30.2 Å². The van der Waals surface area contributed by atoms with Crippen LogP contribution in [0.1, 0.15) is 51.2 Å². The summed E-state index contributed by atoms with van der Waals surface area (Å²) in [5, 5.41) is 0. The maximum Gasteiger partial charge on any atom is 0.280 e. The van der Waals surface area contributed by atoms with Gasteiger partial charge in [-0.1, -0.05) is 27.7 Å². The second-order valence-electron chi connectivity index (χ2n) is 5.35. The van der Waals surface area contributed by atoms with E-state index in [-0.39, 0.29) is 11.1 Å². The predicted octanol–water partition coefficient (Wildman–Crippen LogP) is 3.53. The van der Waals surface area contributed by atoms with Gasteiger partial charge in [-0.3, -0.25) is 4.40 Å². The van der Waals surface area contributed by atoms with Crippen molar-refractivity contribution < 1.29 is 8.78 Å². The average molecular weight is 253 g/mol. The van der Waals surface area contributed by atoms with Crippen LogP contribution in [0.3, 0.4) is 0 Å². The van der Waals surface area contributed by atoms with Gasteiger partial charge in [-0.25, -0.2) is 18.7 Å². The van der Waals surface area contributed by atoms with Gasteiger partial charge in [-0.15, -0.1) is 0 Å². The molecule has 2 heterocycles. The first-order valence-corrected chi connectivity index (χ1v) is 6.00. The van der Waals surface area contributed by atoms with Gasteiger partial charge in [0.05, 0.1) is 5.69 Å². The van der Waals surface area contributed by atoms with Crippen molar-refractivity contribution in [1.29, 1.82) is 0 Å². The Hall–Kier alpha value is -1.52. The Labute approximate surface area is 105 Å². The summed E-state index contributed by atoms with van der Waals surface area (Å²) in [7, 11) is 0. The number of halogens is 2. The lowest BCUT2D eigenvalue weighted by Gasteiger charge is -2.17. The fourth-order valence-electron chi connectivity index (χ4n) is 2.07. The molecule has 98 valence electrons. The van der Waals surface area contributed by atoms with Crippen LogP contribution in [0.5, 0.6) is 0 Å². The Morgan fingerprint density at radius 1 is 1.33 bits per heavy atom. The molecule has 2 rings (SSSR count). The lowest BCUT2D eigenvalue weighted by atomic mass is 9.90. The van der Waals surface area contributed by atoms with Crippen LogP contribution in [-0.2, 0) is 11.8 Å². The molecule has 0 aliphatic heterocycles. The second-order valence-corrected chi connectivity index (χ2v) is 5.35. The molecule has 0 radical (unpaired) electrons. The Balaban J connectivity index is 2.68. The molecule has 0 unspecified atom stereocenters. The molecule has 0 atom stereocenters. The molecule has 3 nitrogen and oxygen atoms in total. The van der Waals surface area contributed by atoms with E-state index < -0.39 is 6.43 Å². The molecular weight excluding hydrogens is 236 g/mol. The van der Waals surface area contributed by atoms with Crippen LogP contribution in [0.4, 0.5) is 8.78 Å². The molecule has 18 heavy (non-hydrogen) atoms. The zero-order chi connectivity index (χ0) is 13.5. The van der Waals surface area contributed by atoms with Crippen molar-refractivity contribution in [3.63, 3.8) is 0 Å². The van der Waals surface area contributed by atoms with E-state index in [2.05, 4.69) is 30.7 Å². The Morgan fingerprint density at radius 3 is 2.50 bits per heavy atom. The standard InChI is InChI=1S/C13H17F2N3/c1-5-9-11(13(2,3)4)17-10-6-8(12(14)15)16-7-18(9)10/h6-7,12H,5H2,1-4H3. The average Bonchev–Trinajstić information content (AvgIpc) is 2.65. The number of fused-ring (bicyclic) bond motifs is 1. The number of aromatic nitrogens is 3. The summed E-state index contributed by atoms with van der Waals surface area (Å²) in [5.74, 6) is 0. The lowest BCUT2D eigenvalue weighted by molar-refractivity contribution is 0.146. The van der Waals surface area contributed by atoms with Crippen molar-refractivity contribution in [2.75, 3.05) is 0 Å². The molecular formula is C13H17F2N3. The molecule has 2 aromatic rings. The summed E-state index contributed by atoms with van der Waals surface area (Å²) in [6.07, 6.45) is -0.323. The van der Waals surface area contributed by atoms with E-state index in [1.165, 1.54) is 12.4 Å². The number of aryl methyl sites for hydroxylation is 1. The first-order chi connectivity index (χ1) is 8.34. The van der Waals surface area contributed by atoms with E-state index in [4.69, 9.17) is 0 Å². The van der Waals surface area contributed by atoms with E-state index in [0.717, 1.165) is 17.8 Å². The highest BCUT2D eigenvalue weighted by atomic mass is 19.3. The van der Waals surface area contributed by atoms with E-state index in [0.29, 0.717) is 5.65 Å². The van der Waals surface area contributed by atoms with Gasteiger partial charge in [0.15, 0.2) is 0 Å². The SMILES string of the molecule is CCc1c(C(C)(C)C)nc2cc(C(F)F)ncn12. The van der Waals surface area contributed by atoms with Gasteiger partial charge >= 0.3 is 0 Å². The van der Waals surface area contributed by atoms with Gasteiger partial charge in [0.25, 0.3) is 6.43 Å².